The maximum absolute atomic E-state index is 11.1. The Kier molecular flexibility index (Phi) is 6.62. The van der Waals surface area contributed by atoms with Crippen LogP contribution in [0.15, 0.2) is 60.2 Å². The average molecular weight is 351 g/mol. The Morgan fingerprint density at radius 2 is 1.19 bits per heavy atom. The molecule has 0 N–H and O–H groups in total. The van der Waals surface area contributed by atoms with Crippen LogP contribution in [0.3, 0.4) is 0 Å². The van der Waals surface area contributed by atoms with E-state index < -0.39 is 0 Å². The van der Waals surface area contributed by atoms with E-state index in [1.54, 1.807) is 0 Å². The van der Waals surface area contributed by atoms with Crippen LogP contribution in [-0.2, 0) is 4.79 Å². The van der Waals surface area contributed by atoms with Crippen LogP contribution >= 0.6 is 0 Å². The molecule has 2 rings (SSSR count). The van der Waals surface area contributed by atoms with Gasteiger partial charge in [0, 0.05) is 45.5 Å². The summed E-state index contributed by atoms with van der Waals surface area (Å²) in [5.74, 6) is 0.424. The van der Waals surface area contributed by atoms with Gasteiger partial charge < -0.3 is 9.80 Å². The molecule has 0 aliphatic carbocycles. The van der Waals surface area contributed by atoms with Crippen LogP contribution in [0.5, 0.6) is 0 Å². The van der Waals surface area contributed by atoms with Crippen LogP contribution in [0.2, 0.25) is 0 Å². The molecule has 0 aliphatic heterocycles. The van der Waals surface area contributed by atoms with E-state index in [2.05, 4.69) is 71.3 Å². The van der Waals surface area contributed by atoms with Crippen molar-refractivity contribution in [2.45, 2.75) is 19.8 Å². The fraction of sp³-hybridized carbons (Fsp3) is 0.348. The van der Waals surface area contributed by atoms with Gasteiger partial charge in [-0.2, -0.15) is 0 Å². The molecule has 0 saturated carbocycles. The molecular formula is C23H30N2O. The van der Waals surface area contributed by atoms with Gasteiger partial charge in [0.2, 0.25) is 0 Å². The van der Waals surface area contributed by atoms with Crippen LogP contribution in [0.4, 0.5) is 11.4 Å². The van der Waals surface area contributed by atoms with Gasteiger partial charge in [0.25, 0.3) is 0 Å². The number of carbonyl (C=O) groups is 1. The Labute approximate surface area is 157 Å². The molecule has 0 heterocycles. The van der Waals surface area contributed by atoms with Gasteiger partial charge in [-0.1, -0.05) is 37.3 Å². The highest BCUT2D eigenvalue weighted by molar-refractivity contribution is 5.72. The summed E-state index contributed by atoms with van der Waals surface area (Å²) in [4.78, 5) is 15.3. The van der Waals surface area contributed by atoms with Crippen molar-refractivity contribution >= 4 is 17.7 Å². The summed E-state index contributed by atoms with van der Waals surface area (Å²) < 4.78 is 0. The van der Waals surface area contributed by atoms with Crippen molar-refractivity contribution in [2.75, 3.05) is 38.0 Å². The molecular weight excluding hydrogens is 320 g/mol. The van der Waals surface area contributed by atoms with Gasteiger partial charge in [0.15, 0.2) is 0 Å². The standard InChI is InChI=1S/C23H30N2O/c1-17(16-26)15-18(2)23(19-7-11-21(12-8-19)24(3)4)20-9-13-22(14-10-20)25(5)6/h7-16,18,23H,1-6H3/b17-15-/t18-/m1/s1. The summed E-state index contributed by atoms with van der Waals surface area (Å²) in [6, 6.07) is 17.4. The van der Waals surface area contributed by atoms with E-state index in [4.69, 9.17) is 0 Å². The number of carbonyl (C=O) groups excluding carboxylic acids is 1. The molecule has 0 unspecified atom stereocenters. The average Bonchev–Trinajstić information content (AvgIpc) is 2.62. The second kappa shape index (κ2) is 8.70. The lowest BCUT2D eigenvalue weighted by Crippen LogP contribution is -2.13. The molecule has 3 heteroatoms. The highest BCUT2D eigenvalue weighted by Gasteiger charge is 2.20. The first kappa shape index (κ1) is 19.8. The zero-order chi connectivity index (χ0) is 19.3. The normalized spacial score (nSPS) is 12.8. The maximum atomic E-state index is 11.1. The number of nitrogens with zero attached hydrogens (tertiary/aromatic N) is 2. The largest absolute Gasteiger partial charge is 0.378 e. The molecule has 3 nitrogen and oxygen atoms in total. The third kappa shape index (κ3) is 4.75. The number of benzene rings is 2. The number of aldehydes is 1. The van der Waals surface area contributed by atoms with Crippen molar-refractivity contribution in [3.8, 4) is 0 Å². The highest BCUT2D eigenvalue weighted by Crippen LogP contribution is 2.35. The number of hydrogen-bond acceptors (Lipinski definition) is 3. The molecule has 0 aromatic heterocycles. The third-order valence-electron chi connectivity index (χ3n) is 4.77. The molecule has 0 amide bonds. The third-order valence-corrected chi connectivity index (χ3v) is 4.77. The molecule has 1 atom stereocenters. The lowest BCUT2D eigenvalue weighted by Gasteiger charge is -2.25. The van der Waals surface area contributed by atoms with Crippen LogP contribution in [0.1, 0.15) is 30.9 Å². The summed E-state index contributed by atoms with van der Waals surface area (Å²) in [5, 5.41) is 0. The Hall–Kier alpha value is -2.55. The lowest BCUT2D eigenvalue weighted by molar-refractivity contribution is -0.104. The topological polar surface area (TPSA) is 23.6 Å². The first-order valence-electron chi connectivity index (χ1n) is 9.01. The Bertz CT molecular complexity index is 691. The summed E-state index contributed by atoms with van der Waals surface area (Å²) in [5.41, 5.74) is 5.66. The zero-order valence-electron chi connectivity index (χ0n) is 16.7. The second-order valence-electron chi connectivity index (χ2n) is 7.34. The van der Waals surface area contributed by atoms with Gasteiger partial charge in [0.05, 0.1) is 0 Å². The van der Waals surface area contributed by atoms with Gasteiger partial charge in [-0.25, -0.2) is 0 Å². The van der Waals surface area contributed by atoms with Gasteiger partial charge >= 0.3 is 0 Å². The van der Waals surface area contributed by atoms with E-state index in [9.17, 15) is 4.79 Å². The van der Waals surface area contributed by atoms with E-state index in [1.165, 1.54) is 22.5 Å². The van der Waals surface area contributed by atoms with Crippen molar-refractivity contribution < 1.29 is 4.79 Å². The SMILES string of the molecule is C/C(C=O)=C/[C@@H](C)C(c1ccc(N(C)C)cc1)c1ccc(N(C)C)cc1. The maximum Gasteiger partial charge on any atom is 0.145 e. The van der Waals surface area contributed by atoms with Crippen molar-refractivity contribution in [3.63, 3.8) is 0 Å². The van der Waals surface area contributed by atoms with Gasteiger partial charge in [-0.3, -0.25) is 4.79 Å². The molecule has 0 bridgehead atoms. The van der Waals surface area contributed by atoms with E-state index >= 15 is 0 Å². The van der Waals surface area contributed by atoms with E-state index in [-0.39, 0.29) is 11.8 Å². The van der Waals surface area contributed by atoms with Crippen LogP contribution in [-0.4, -0.2) is 34.5 Å². The molecule has 2 aromatic rings. The molecule has 0 fully saturated rings. The van der Waals surface area contributed by atoms with Gasteiger partial charge in [-0.05, 0) is 53.8 Å². The molecule has 0 aliphatic rings. The van der Waals surface area contributed by atoms with E-state index in [0.29, 0.717) is 0 Å². The van der Waals surface area contributed by atoms with Crippen molar-refractivity contribution in [3.05, 3.63) is 71.3 Å². The Balaban J connectivity index is 2.45. The summed E-state index contributed by atoms with van der Waals surface area (Å²) in [7, 11) is 8.19. The first-order valence-corrected chi connectivity index (χ1v) is 9.01. The number of rotatable bonds is 7. The Morgan fingerprint density at radius 3 is 1.50 bits per heavy atom. The molecule has 138 valence electrons. The van der Waals surface area contributed by atoms with E-state index in [0.717, 1.165) is 11.9 Å². The number of allylic oxidation sites excluding steroid dienone is 2. The second-order valence-corrected chi connectivity index (χ2v) is 7.34. The minimum Gasteiger partial charge on any atom is -0.378 e. The minimum atomic E-state index is 0.206. The lowest BCUT2D eigenvalue weighted by atomic mass is 9.80. The molecule has 0 radical (unpaired) electrons. The quantitative estimate of drug-likeness (QED) is 0.533. The van der Waals surface area contributed by atoms with Crippen molar-refractivity contribution in [2.24, 2.45) is 5.92 Å². The van der Waals surface area contributed by atoms with Crippen LogP contribution < -0.4 is 9.80 Å². The predicted molar refractivity (Wildman–Crippen MR) is 112 cm³/mol. The summed E-state index contributed by atoms with van der Waals surface area (Å²) in [6.07, 6.45) is 3.00. The number of hydrogen-bond donors (Lipinski definition) is 0. The highest BCUT2D eigenvalue weighted by atomic mass is 16.1. The summed E-state index contributed by atoms with van der Waals surface area (Å²) in [6.45, 7) is 4.04. The fourth-order valence-electron chi connectivity index (χ4n) is 3.31. The smallest absolute Gasteiger partial charge is 0.145 e. The molecule has 2 aromatic carbocycles. The van der Waals surface area contributed by atoms with Crippen molar-refractivity contribution in [1.29, 1.82) is 0 Å². The van der Waals surface area contributed by atoms with Crippen molar-refractivity contribution in [1.82, 2.24) is 0 Å². The zero-order valence-corrected chi connectivity index (χ0v) is 16.7. The fourth-order valence-corrected chi connectivity index (χ4v) is 3.31. The van der Waals surface area contributed by atoms with Gasteiger partial charge in [-0.15, -0.1) is 0 Å². The van der Waals surface area contributed by atoms with E-state index in [1.807, 2.05) is 35.1 Å². The van der Waals surface area contributed by atoms with Crippen LogP contribution in [0.25, 0.3) is 0 Å². The number of anilines is 2. The molecule has 0 saturated heterocycles. The Morgan fingerprint density at radius 1 is 0.808 bits per heavy atom. The molecule has 26 heavy (non-hydrogen) atoms. The molecule has 0 spiro atoms. The van der Waals surface area contributed by atoms with Crippen LogP contribution in [0, 0.1) is 5.92 Å². The monoisotopic (exact) mass is 350 g/mol. The first-order chi connectivity index (χ1) is 12.3. The predicted octanol–water partition coefficient (Wildman–Crippen LogP) is 4.73. The van der Waals surface area contributed by atoms with Gasteiger partial charge in [0.1, 0.15) is 6.29 Å². The minimum absolute atomic E-state index is 0.206. The summed E-state index contributed by atoms with van der Waals surface area (Å²) >= 11 is 0.